The van der Waals surface area contributed by atoms with Crippen LogP contribution >= 0.6 is 0 Å². The van der Waals surface area contributed by atoms with Gasteiger partial charge in [0.05, 0.1) is 11.5 Å². The molecule has 1 N–H and O–H groups in total. The monoisotopic (exact) mass is 407 g/mol. The number of nitrogens with zero attached hydrogens (tertiary/aromatic N) is 1. The average molecular weight is 408 g/mol. The summed E-state index contributed by atoms with van der Waals surface area (Å²) in [5, 5.41) is 10.4. The van der Waals surface area contributed by atoms with Crippen LogP contribution in [0.3, 0.4) is 0 Å². The molecule has 2 unspecified atom stereocenters. The predicted octanol–water partition coefficient (Wildman–Crippen LogP) is 2.56. The Bertz CT molecular complexity index is 886. The van der Waals surface area contributed by atoms with Crippen molar-refractivity contribution >= 4 is 9.84 Å². The Morgan fingerprint density at radius 2 is 1.93 bits per heavy atom. The van der Waals surface area contributed by atoms with Crippen molar-refractivity contribution in [3.63, 3.8) is 0 Å². The summed E-state index contributed by atoms with van der Waals surface area (Å²) in [6.45, 7) is 2.74. The molecular weight excluding hydrogens is 381 g/mol. The molecule has 0 spiro atoms. The zero-order valence-electron chi connectivity index (χ0n) is 15.9. The van der Waals surface area contributed by atoms with Crippen molar-refractivity contribution in [1.82, 2.24) is 4.90 Å². The minimum atomic E-state index is -3.04. The quantitative estimate of drug-likeness (QED) is 0.729. The average Bonchev–Trinajstić information content (AvgIpc) is 3.02. The molecule has 152 valence electrons. The molecule has 0 bridgehead atoms. The highest BCUT2D eigenvalue weighted by atomic mass is 32.2. The molecule has 0 aliphatic carbocycles. The van der Waals surface area contributed by atoms with Gasteiger partial charge >= 0.3 is 0 Å². The second-order valence-corrected chi connectivity index (χ2v) is 9.60. The number of ether oxygens (including phenoxy) is 1. The molecule has 2 atom stereocenters. The number of halogens is 1. The Morgan fingerprint density at radius 1 is 1.21 bits per heavy atom. The van der Waals surface area contributed by atoms with E-state index in [9.17, 15) is 17.9 Å². The zero-order valence-corrected chi connectivity index (χ0v) is 16.7. The van der Waals surface area contributed by atoms with Crippen molar-refractivity contribution in [1.29, 1.82) is 0 Å². The van der Waals surface area contributed by atoms with E-state index in [-0.39, 0.29) is 36.4 Å². The second kappa shape index (κ2) is 9.03. The minimum Gasteiger partial charge on any atom is -0.488 e. The van der Waals surface area contributed by atoms with Crippen molar-refractivity contribution < 1.29 is 22.7 Å². The van der Waals surface area contributed by atoms with E-state index in [1.165, 1.54) is 12.1 Å². The topological polar surface area (TPSA) is 66.8 Å². The van der Waals surface area contributed by atoms with Crippen LogP contribution < -0.4 is 4.74 Å². The largest absolute Gasteiger partial charge is 0.488 e. The number of benzene rings is 2. The van der Waals surface area contributed by atoms with Crippen LogP contribution in [0, 0.1) is 12.7 Å². The summed E-state index contributed by atoms with van der Waals surface area (Å²) in [5.41, 5.74) is 2.20. The molecule has 0 amide bonds. The van der Waals surface area contributed by atoms with E-state index < -0.39 is 21.8 Å². The first kappa shape index (κ1) is 20.8. The lowest BCUT2D eigenvalue weighted by Crippen LogP contribution is -2.42. The summed E-state index contributed by atoms with van der Waals surface area (Å²) in [6.07, 6.45) is -0.317. The zero-order chi connectivity index (χ0) is 20.1. The SMILES string of the molecule is Cc1ccc(CN(CC(O)COc2ccccc2F)C2CCS(=O)(=O)C2)cc1. The van der Waals surface area contributed by atoms with Crippen molar-refractivity contribution in [2.24, 2.45) is 0 Å². The van der Waals surface area contributed by atoms with Crippen LogP contribution in [0.1, 0.15) is 17.5 Å². The maximum Gasteiger partial charge on any atom is 0.165 e. The van der Waals surface area contributed by atoms with Gasteiger partial charge in [0.15, 0.2) is 21.4 Å². The van der Waals surface area contributed by atoms with E-state index in [0.29, 0.717) is 13.0 Å². The van der Waals surface area contributed by atoms with Crippen molar-refractivity contribution in [3.8, 4) is 5.75 Å². The van der Waals surface area contributed by atoms with E-state index in [4.69, 9.17) is 4.74 Å². The van der Waals surface area contributed by atoms with Crippen LogP contribution in [0.4, 0.5) is 4.39 Å². The molecule has 1 fully saturated rings. The van der Waals surface area contributed by atoms with Crippen LogP contribution in [-0.2, 0) is 16.4 Å². The van der Waals surface area contributed by atoms with Gasteiger partial charge in [-0.2, -0.15) is 0 Å². The number of hydrogen-bond donors (Lipinski definition) is 1. The molecule has 1 heterocycles. The normalized spacial score (nSPS) is 19.6. The van der Waals surface area contributed by atoms with E-state index in [2.05, 4.69) is 0 Å². The smallest absolute Gasteiger partial charge is 0.165 e. The molecule has 28 heavy (non-hydrogen) atoms. The number of hydrogen-bond acceptors (Lipinski definition) is 5. The molecule has 2 aromatic rings. The highest BCUT2D eigenvalue weighted by molar-refractivity contribution is 7.91. The van der Waals surface area contributed by atoms with Crippen LogP contribution in [0.2, 0.25) is 0 Å². The van der Waals surface area contributed by atoms with E-state index in [1.807, 2.05) is 36.1 Å². The minimum absolute atomic E-state index is 0.0647. The van der Waals surface area contributed by atoms with Crippen molar-refractivity contribution in [3.05, 3.63) is 65.5 Å². The molecule has 1 saturated heterocycles. The van der Waals surface area contributed by atoms with E-state index in [1.54, 1.807) is 12.1 Å². The summed E-state index contributed by atoms with van der Waals surface area (Å²) < 4.78 is 42.9. The van der Waals surface area contributed by atoms with Gasteiger partial charge in [-0.3, -0.25) is 4.90 Å². The molecule has 3 rings (SSSR count). The number of para-hydroxylation sites is 1. The number of aliphatic hydroxyl groups excluding tert-OH is 1. The first-order valence-corrected chi connectivity index (χ1v) is 11.2. The van der Waals surface area contributed by atoms with E-state index >= 15 is 0 Å². The Labute approximate surface area is 165 Å². The van der Waals surface area contributed by atoms with Gasteiger partial charge in [0.1, 0.15) is 12.7 Å². The Kier molecular flexibility index (Phi) is 6.69. The number of rotatable bonds is 8. The Morgan fingerprint density at radius 3 is 2.57 bits per heavy atom. The third-order valence-electron chi connectivity index (χ3n) is 4.94. The fourth-order valence-corrected chi connectivity index (χ4v) is 5.17. The van der Waals surface area contributed by atoms with Crippen LogP contribution in [0.15, 0.2) is 48.5 Å². The van der Waals surface area contributed by atoms with Crippen molar-refractivity contribution in [2.45, 2.75) is 32.0 Å². The standard InChI is InChI=1S/C21H26FNO4S/c1-16-6-8-17(9-7-16)12-23(18-10-11-28(25,26)15-18)13-19(24)14-27-21-5-3-2-4-20(21)22/h2-9,18-19,24H,10-15H2,1H3. The molecular formula is C21H26FNO4S. The Balaban J connectivity index is 1.65. The molecule has 0 saturated carbocycles. The summed E-state index contributed by atoms with van der Waals surface area (Å²) in [7, 11) is -3.04. The maximum atomic E-state index is 13.7. The molecule has 0 aromatic heterocycles. The summed E-state index contributed by atoms with van der Waals surface area (Å²) >= 11 is 0. The fourth-order valence-electron chi connectivity index (χ4n) is 3.41. The third kappa shape index (κ3) is 5.77. The Hall–Kier alpha value is -1.96. The second-order valence-electron chi connectivity index (χ2n) is 7.37. The fraction of sp³-hybridized carbons (Fsp3) is 0.429. The lowest BCUT2D eigenvalue weighted by molar-refractivity contribution is 0.0513. The van der Waals surface area contributed by atoms with E-state index in [0.717, 1.165) is 11.1 Å². The summed E-state index contributed by atoms with van der Waals surface area (Å²) in [6, 6.07) is 13.9. The summed E-state index contributed by atoms with van der Waals surface area (Å²) in [4.78, 5) is 1.99. The number of aliphatic hydroxyl groups is 1. The first-order valence-electron chi connectivity index (χ1n) is 9.38. The first-order chi connectivity index (χ1) is 13.3. The maximum absolute atomic E-state index is 13.7. The highest BCUT2D eigenvalue weighted by Crippen LogP contribution is 2.21. The molecule has 5 nitrogen and oxygen atoms in total. The number of aryl methyl sites for hydroxylation is 1. The molecule has 1 aliphatic heterocycles. The van der Waals surface area contributed by atoms with Crippen LogP contribution in [0.5, 0.6) is 5.75 Å². The molecule has 2 aromatic carbocycles. The lowest BCUT2D eigenvalue weighted by atomic mass is 10.1. The molecule has 7 heteroatoms. The lowest BCUT2D eigenvalue weighted by Gasteiger charge is -2.30. The highest BCUT2D eigenvalue weighted by Gasteiger charge is 2.33. The van der Waals surface area contributed by atoms with Gasteiger partial charge in [-0.05, 0) is 31.0 Å². The van der Waals surface area contributed by atoms with Crippen LogP contribution in [-0.4, -0.2) is 55.2 Å². The van der Waals surface area contributed by atoms with Gasteiger partial charge in [-0.1, -0.05) is 42.0 Å². The van der Waals surface area contributed by atoms with Gasteiger partial charge in [0.25, 0.3) is 0 Å². The third-order valence-corrected chi connectivity index (χ3v) is 6.69. The summed E-state index contributed by atoms with van der Waals surface area (Å²) in [5.74, 6) is -0.118. The van der Waals surface area contributed by atoms with Gasteiger partial charge in [0, 0.05) is 19.1 Å². The molecule has 1 aliphatic rings. The number of sulfone groups is 1. The predicted molar refractivity (Wildman–Crippen MR) is 107 cm³/mol. The van der Waals surface area contributed by atoms with Crippen LogP contribution in [0.25, 0.3) is 0 Å². The van der Waals surface area contributed by atoms with Gasteiger partial charge in [-0.25, -0.2) is 12.8 Å². The van der Waals surface area contributed by atoms with Gasteiger partial charge in [-0.15, -0.1) is 0 Å². The molecule has 0 radical (unpaired) electrons. The van der Waals surface area contributed by atoms with Gasteiger partial charge in [0.2, 0.25) is 0 Å². The van der Waals surface area contributed by atoms with Gasteiger partial charge < -0.3 is 9.84 Å². The van der Waals surface area contributed by atoms with Crippen molar-refractivity contribution in [2.75, 3.05) is 24.7 Å².